The number of rotatable bonds is 2. The predicted octanol–water partition coefficient (Wildman–Crippen LogP) is 0.867. The van der Waals surface area contributed by atoms with E-state index in [1.807, 2.05) is 0 Å². The summed E-state index contributed by atoms with van der Waals surface area (Å²) >= 11 is 14.3. The SMILES string of the molecule is Nc1nc2c(ncn2[C@@H]2O[C@@H]3CO[P@@](=O)(S)OC4C5C(O[C@@H]4CO[P@@](=O)(S)OC2C3O)[C@H]5n2cnc3c(N)nc(Cl)nc32)c(=O)[nH]1. The number of anilines is 2. The number of halogens is 1. The quantitative estimate of drug-likeness (QED) is 0.0946. The van der Waals surface area contributed by atoms with Gasteiger partial charge in [-0.1, -0.05) is 24.5 Å². The van der Waals surface area contributed by atoms with E-state index in [1.165, 1.54) is 17.2 Å². The van der Waals surface area contributed by atoms with Gasteiger partial charge in [0.1, 0.15) is 36.0 Å². The predicted molar refractivity (Wildman–Crippen MR) is 163 cm³/mol. The van der Waals surface area contributed by atoms with Gasteiger partial charge in [0.2, 0.25) is 11.2 Å². The molecule has 6 N–H and O–H groups in total. The Bertz CT molecular complexity index is 2050. The highest BCUT2D eigenvalue weighted by molar-refractivity contribution is 8.44. The molecule has 2 bridgehead atoms. The summed E-state index contributed by atoms with van der Waals surface area (Å²) in [5.74, 6) is -0.530. The molecule has 25 heteroatoms. The molecule has 7 heterocycles. The first-order chi connectivity index (χ1) is 21.8. The number of nitrogens with one attached hydrogen (secondary N) is 1. The number of thiol groups is 2. The highest BCUT2D eigenvalue weighted by Crippen LogP contribution is 2.65. The zero-order valence-corrected chi connectivity index (χ0v) is 27.2. The van der Waals surface area contributed by atoms with Crippen LogP contribution in [0.4, 0.5) is 11.8 Å². The molecule has 0 spiro atoms. The number of aliphatic hydroxyl groups excluding tert-OH is 1. The van der Waals surface area contributed by atoms with Crippen molar-refractivity contribution in [2.75, 3.05) is 24.7 Å². The van der Waals surface area contributed by atoms with Crippen molar-refractivity contribution >= 4 is 83.8 Å². The van der Waals surface area contributed by atoms with Crippen molar-refractivity contribution in [3.05, 3.63) is 28.3 Å². The molecule has 0 aromatic carbocycles. The van der Waals surface area contributed by atoms with Crippen LogP contribution in [0.3, 0.4) is 0 Å². The van der Waals surface area contributed by atoms with E-state index in [2.05, 4.69) is 54.4 Å². The van der Waals surface area contributed by atoms with Crippen molar-refractivity contribution in [3.63, 3.8) is 0 Å². The van der Waals surface area contributed by atoms with Gasteiger partial charge in [-0.2, -0.15) is 15.0 Å². The third kappa shape index (κ3) is 5.15. The topological polar surface area (TPSA) is 269 Å². The fraction of sp³-hybridized carbons (Fsp3) is 0.524. The zero-order chi connectivity index (χ0) is 32.3. The van der Waals surface area contributed by atoms with E-state index < -0.39 is 74.5 Å². The summed E-state index contributed by atoms with van der Waals surface area (Å²) < 4.78 is 65.0. The average Bonchev–Trinajstić information content (AvgIpc) is 3.36. The molecule has 1 saturated carbocycles. The fourth-order valence-electron chi connectivity index (χ4n) is 6.14. The highest BCUT2D eigenvalue weighted by Gasteiger charge is 2.67. The number of imidazole rings is 2. The molecule has 20 nitrogen and oxygen atoms in total. The van der Waals surface area contributed by atoms with E-state index in [0.29, 0.717) is 11.2 Å². The molecular formula is C21H23ClN10O10P2S2. The summed E-state index contributed by atoms with van der Waals surface area (Å²) in [4.78, 5) is 35.2. The first-order valence-electron chi connectivity index (χ1n) is 13.5. The second kappa shape index (κ2) is 10.8. The molecule has 4 aromatic rings. The van der Waals surface area contributed by atoms with E-state index >= 15 is 0 Å². The van der Waals surface area contributed by atoms with Crippen LogP contribution in [0, 0.1) is 5.92 Å². The number of hydrogen-bond acceptors (Lipinski definition) is 17. The van der Waals surface area contributed by atoms with Gasteiger partial charge in [-0.25, -0.2) is 19.1 Å². The van der Waals surface area contributed by atoms with E-state index in [-0.39, 0.29) is 40.9 Å². The molecule has 46 heavy (non-hydrogen) atoms. The van der Waals surface area contributed by atoms with Crippen LogP contribution in [0.5, 0.6) is 0 Å². The molecule has 4 aliphatic rings. The van der Waals surface area contributed by atoms with Crippen molar-refractivity contribution in [1.82, 2.24) is 39.0 Å². The second-order valence-corrected chi connectivity index (χ2v) is 17.0. The Kier molecular flexibility index (Phi) is 7.30. The second-order valence-electron chi connectivity index (χ2n) is 10.9. The van der Waals surface area contributed by atoms with Gasteiger partial charge in [0.15, 0.2) is 28.9 Å². The van der Waals surface area contributed by atoms with Crippen LogP contribution >= 0.6 is 49.7 Å². The largest absolute Gasteiger partial charge is 0.387 e. The zero-order valence-electron chi connectivity index (χ0n) is 22.8. The van der Waals surface area contributed by atoms with Crippen molar-refractivity contribution in [1.29, 1.82) is 0 Å². The molecule has 246 valence electrons. The maximum atomic E-state index is 13.6. The molecule has 0 amide bonds. The van der Waals surface area contributed by atoms with Gasteiger partial charge in [0.05, 0.1) is 38.0 Å². The Morgan fingerprint density at radius 3 is 2.33 bits per heavy atom. The first-order valence-corrected chi connectivity index (χ1v) is 19.3. The normalized spacial score (nSPS) is 39.4. The van der Waals surface area contributed by atoms with Crippen molar-refractivity contribution in [3.8, 4) is 0 Å². The number of nitrogen functional groups attached to an aromatic ring is 2. The average molecular weight is 737 g/mol. The van der Waals surface area contributed by atoms with Gasteiger partial charge >= 0.3 is 13.6 Å². The van der Waals surface area contributed by atoms with Gasteiger partial charge in [0, 0.05) is 5.92 Å². The van der Waals surface area contributed by atoms with Gasteiger partial charge in [0.25, 0.3) is 5.56 Å². The molecule has 0 radical (unpaired) electrons. The lowest BCUT2D eigenvalue weighted by Gasteiger charge is -2.28. The fourth-order valence-corrected chi connectivity index (χ4v) is 9.28. The Morgan fingerprint density at radius 1 is 0.913 bits per heavy atom. The van der Waals surface area contributed by atoms with Gasteiger partial charge < -0.3 is 30.6 Å². The molecular weight excluding hydrogens is 714 g/mol. The maximum Gasteiger partial charge on any atom is 0.386 e. The standard InChI is InChI=1S/C21H23ClN10O10P2S2/c22-20-27-15(23)8-16(28-20)31(3-25-8)10-7-12-6(39-13(7)10)2-38-44(36,46)42-14-11(33)5(1-37-43(35,45)41-12)40-19(14)32-4-26-9-17(32)29-21(24)30-18(9)34/h3-7,10-14,19,33H,1-2H2,(H,35,45)(H,36,46)(H2,23,27,28)(H3,24,29,30,34)/t5-,6-,7?,10+,11?,12?,13?,14?,19-,43-,44-/m1/s1. The number of aliphatic hydroxyl groups is 1. The summed E-state index contributed by atoms with van der Waals surface area (Å²) in [5, 5.41) is 11.1. The number of aromatic amines is 1. The number of fused-ring (bicyclic) bond motifs is 7. The van der Waals surface area contributed by atoms with Crippen molar-refractivity contribution < 1.29 is 41.8 Å². The highest BCUT2D eigenvalue weighted by atomic mass is 35.5. The molecule has 4 fully saturated rings. The Morgan fingerprint density at radius 2 is 1.57 bits per heavy atom. The molecule has 1 aliphatic carbocycles. The lowest BCUT2D eigenvalue weighted by molar-refractivity contribution is -0.0564. The van der Waals surface area contributed by atoms with E-state index in [9.17, 15) is 19.0 Å². The molecule has 3 aliphatic heterocycles. The van der Waals surface area contributed by atoms with Crippen LogP contribution in [0.25, 0.3) is 22.3 Å². The minimum Gasteiger partial charge on any atom is -0.387 e. The van der Waals surface area contributed by atoms with Crippen LogP contribution in [-0.2, 0) is 36.7 Å². The van der Waals surface area contributed by atoms with E-state index in [1.54, 1.807) is 4.57 Å². The Labute approximate surface area is 271 Å². The van der Waals surface area contributed by atoms with Crippen LogP contribution in [0.15, 0.2) is 17.4 Å². The van der Waals surface area contributed by atoms with Crippen LogP contribution in [0.2, 0.25) is 5.28 Å². The lowest BCUT2D eigenvalue weighted by Crippen LogP contribution is -2.35. The first kappa shape index (κ1) is 31.0. The van der Waals surface area contributed by atoms with Crippen molar-refractivity contribution in [2.24, 2.45) is 5.92 Å². The molecule has 8 rings (SSSR count). The summed E-state index contributed by atoms with van der Waals surface area (Å²) in [6, 6.07) is -0.387. The smallest absolute Gasteiger partial charge is 0.386 e. The van der Waals surface area contributed by atoms with E-state index in [0.717, 1.165) is 0 Å². The monoisotopic (exact) mass is 736 g/mol. The summed E-state index contributed by atoms with van der Waals surface area (Å²) in [6.45, 7) is -9.32. The summed E-state index contributed by atoms with van der Waals surface area (Å²) in [7, 11) is 0. The number of H-pyrrole nitrogens is 1. The van der Waals surface area contributed by atoms with Crippen LogP contribution in [-0.4, -0.2) is 94.0 Å². The minimum atomic E-state index is -4.27. The van der Waals surface area contributed by atoms with Gasteiger partial charge in [-0.05, 0) is 11.6 Å². The summed E-state index contributed by atoms with van der Waals surface area (Å²) in [6.07, 6.45) is -5.10. The van der Waals surface area contributed by atoms with Gasteiger partial charge in [-0.3, -0.25) is 32.4 Å². The number of aromatic nitrogens is 8. The number of nitrogens with two attached hydrogens (primary N) is 2. The molecule has 11 atom stereocenters. The molecule has 4 aromatic heterocycles. The third-order valence-corrected chi connectivity index (χ3v) is 11.5. The maximum absolute atomic E-state index is 13.6. The van der Waals surface area contributed by atoms with Crippen LogP contribution < -0.4 is 17.0 Å². The number of hydrogen-bond donors (Lipinski definition) is 6. The summed E-state index contributed by atoms with van der Waals surface area (Å²) in [5.41, 5.74) is 11.6. The van der Waals surface area contributed by atoms with Crippen molar-refractivity contribution in [2.45, 2.75) is 48.9 Å². The Balaban J connectivity index is 1.08. The molecule has 5 unspecified atom stereocenters. The lowest BCUT2D eigenvalue weighted by atomic mass is 10.1. The van der Waals surface area contributed by atoms with E-state index in [4.69, 9.17) is 50.6 Å². The van der Waals surface area contributed by atoms with Gasteiger partial charge in [-0.15, -0.1) is 0 Å². The Hall–Kier alpha value is -2.33. The third-order valence-electron chi connectivity index (χ3n) is 8.14. The number of nitrogens with zero attached hydrogens (tertiary/aromatic N) is 7. The molecule has 3 saturated heterocycles. The minimum absolute atomic E-state index is 0.00841. The number of ether oxygens (including phenoxy) is 2. The van der Waals surface area contributed by atoms with Crippen LogP contribution in [0.1, 0.15) is 12.3 Å².